The Bertz CT molecular complexity index is 1530. The first kappa shape index (κ1) is 26.1. The van der Waals surface area contributed by atoms with Crippen LogP contribution in [0, 0.1) is 23.0 Å². The van der Waals surface area contributed by atoms with Crippen molar-refractivity contribution in [2.24, 2.45) is 0 Å². The molecule has 2 aliphatic rings. The average molecular weight is 545 g/mol. The summed E-state index contributed by atoms with van der Waals surface area (Å²) in [5, 5.41) is 8.86. The van der Waals surface area contributed by atoms with Gasteiger partial charge in [0.15, 0.2) is 11.6 Å². The fourth-order valence-electron chi connectivity index (χ4n) is 4.51. The second-order valence-corrected chi connectivity index (χ2v) is 10.0. The van der Waals surface area contributed by atoms with Gasteiger partial charge in [0.2, 0.25) is 0 Å². The van der Waals surface area contributed by atoms with E-state index in [1.165, 1.54) is 6.07 Å². The summed E-state index contributed by atoms with van der Waals surface area (Å²) in [7, 11) is 0. The van der Waals surface area contributed by atoms with Crippen LogP contribution in [0.2, 0.25) is 0 Å². The van der Waals surface area contributed by atoms with Gasteiger partial charge in [-0.05, 0) is 65.4 Å². The molecule has 2 saturated heterocycles. The van der Waals surface area contributed by atoms with Crippen LogP contribution in [0.1, 0.15) is 27.0 Å². The summed E-state index contributed by atoms with van der Waals surface area (Å²) in [5.41, 5.74) is 2.92. The Balaban J connectivity index is 1.21. The number of para-hydroxylation sites is 1. The van der Waals surface area contributed by atoms with E-state index in [0.29, 0.717) is 48.4 Å². The number of piperazine rings is 1. The summed E-state index contributed by atoms with van der Waals surface area (Å²) in [6, 6.07) is 19.6. The van der Waals surface area contributed by atoms with Crippen molar-refractivity contribution in [3.8, 4) is 6.07 Å². The Labute approximate surface area is 227 Å². The maximum atomic E-state index is 13.5. The first-order chi connectivity index (χ1) is 18.8. The van der Waals surface area contributed by atoms with E-state index in [2.05, 4.69) is 11.0 Å². The van der Waals surface area contributed by atoms with Crippen LogP contribution in [-0.2, 0) is 11.3 Å². The van der Waals surface area contributed by atoms with Crippen LogP contribution in [0.3, 0.4) is 0 Å². The third-order valence-corrected chi connectivity index (χ3v) is 7.49. The fourth-order valence-corrected chi connectivity index (χ4v) is 5.35. The topological polar surface area (TPSA) is 84.7 Å². The minimum atomic E-state index is -1.05. The number of imide groups is 1. The zero-order chi connectivity index (χ0) is 27.5. The van der Waals surface area contributed by atoms with E-state index in [-0.39, 0.29) is 17.4 Å². The first-order valence-corrected chi connectivity index (χ1v) is 13.0. The molecule has 10 heteroatoms. The number of thioether (sulfide) groups is 1. The molecule has 3 amide bonds. The molecule has 196 valence electrons. The van der Waals surface area contributed by atoms with Gasteiger partial charge in [-0.15, -0.1) is 0 Å². The van der Waals surface area contributed by atoms with Crippen molar-refractivity contribution >= 4 is 40.6 Å². The van der Waals surface area contributed by atoms with Gasteiger partial charge in [-0.3, -0.25) is 19.3 Å². The predicted molar refractivity (Wildman–Crippen MR) is 144 cm³/mol. The van der Waals surface area contributed by atoms with Crippen molar-refractivity contribution in [3.05, 3.63) is 106 Å². The highest BCUT2D eigenvalue weighted by atomic mass is 32.2. The van der Waals surface area contributed by atoms with Gasteiger partial charge in [-0.2, -0.15) is 5.26 Å². The van der Waals surface area contributed by atoms with Crippen molar-refractivity contribution < 1.29 is 23.2 Å². The van der Waals surface area contributed by atoms with E-state index in [9.17, 15) is 28.4 Å². The zero-order valence-electron chi connectivity index (χ0n) is 20.6. The van der Waals surface area contributed by atoms with Crippen molar-refractivity contribution in [1.29, 1.82) is 5.26 Å². The van der Waals surface area contributed by atoms with E-state index < -0.39 is 22.8 Å². The molecule has 7 nitrogen and oxygen atoms in total. The molecule has 0 aromatic heterocycles. The number of anilines is 1. The number of rotatable bonds is 5. The first-order valence-electron chi connectivity index (χ1n) is 12.2. The second-order valence-electron chi connectivity index (χ2n) is 9.05. The van der Waals surface area contributed by atoms with Crippen molar-refractivity contribution in [3.63, 3.8) is 0 Å². The molecule has 39 heavy (non-hydrogen) atoms. The maximum absolute atomic E-state index is 13.5. The van der Waals surface area contributed by atoms with Crippen LogP contribution in [0.4, 0.5) is 19.3 Å². The normalized spacial score (nSPS) is 16.6. The smallest absolute Gasteiger partial charge is 0.293 e. The van der Waals surface area contributed by atoms with E-state index in [0.717, 1.165) is 34.5 Å². The highest BCUT2D eigenvalue weighted by Crippen LogP contribution is 2.33. The summed E-state index contributed by atoms with van der Waals surface area (Å²) < 4.78 is 26.7. The van der Waals surface area contributed by atoms with E-state index >= 15 is 0 Å². The molecule has 3 aromatic carbocycles. The molecular weight excluding hydrogens is 522 g/mol. The summed E-state index contributed by atoms with van der Waals surface area (Å²) in [4.78, 5) is 43.3. The van der Waals surface area contributed by atoms with Crippen LogP contribution in [0.25, 0.3) is 6.08 Å². The van der Waals surface area contributed by atoms with E-state index in [4.69, 9.17) is 0 Å². The van der Waals surface area contributed by atoms with Crippen LogP contribution in [0.5, 0.6) is 0 Å². The van der Waals surface area contributed by atoms with Crippen LogP contribution in [0.15, 0.2) is 71.6 Å². The van der Waals surface area contributed by atoms with Crippen LogP contribution < -0.4 is 4.90 Å². The van der Waals surface area contributed by atoms with Gasteiger partial charge in [0.25, 0.3) is 17.1 Å². The zero-order valence-corrected chi connectivity index (χ0v) is 21.5. The minimum Gasteiger partial charge on any atom is -0.367 e. The third-order valence-electron chi connectivity index (χ3n) is 6.59. The van der Waals surface area contributed by atoms with Gasteiger partial charge in [0.1, 0.15) is 6.07 Å². The number of hydrogen-bond acceptors (Lipinski definition) is 6. The molecule has 0 aliphatic carbocycles. The predicted octanol–water partition coefficient (Wildman–Crippen LogP) is 5.04. The number of halogens is 2. The fraction of sp³-hybridized carbons (Fsp3) is 0.172. The highest BCUT2D eigenvalue weighted by Gasteiger charge is 2.35. The van der Waals surface area contributed by atoms with Gasteiger partial charge in [-0.25, -0.2) is 8.78 Å². The van der Waals surface area contributed by atoms with Crippen LogP contribution >= 0.6 is 11.8 Å². The van der Waals surface area contributed by atoms with E-state index in [1.54, 1.807) is 41.3 Å². The number of carbonyl (C=O) groups is 3. The molecule has 0 atom stereocenters. The standard InChI is InChI=1S/C29H22F2N4O3S/c30-23-10-7-20(15-24(23)31)18-35-28(37)26(39-29(35)38)16-19-5-8-21(9-6-19)27(36)34-13-11-33(12-14-34)25-4-2-1-3-22(25)17-32/h1-10,15-16H,11-14,18H2/b26-16-. The maximum Gasteiger partial charge on any atom is 0.293 e. The molecule has 2 fully saturated rings. The van der Waals surface area contributed by atoms with Crippen LogP contribution in [-0.4, -0.2) is 53.0 Å². The summed E-state index contributed by atoms with van der Waals surface area (Å²) in [6.45, 7) is 2.10. The molecule has 0 radical (unpaired) electrons. The van der Waals surface area contributed by atoms with Crippen molar-refractivity contribution in [2.45, 2.75) is 6.54 Å². The lowest BCUT2D eigenvalue weighted by Crippen LogP contribution is -2.49. The number of benzene rings is 3. The van der Waals surface area contributed by atoms with Crippen molar-refractivity contribution in [1.82, 2.24) is 9.80 Å². The number of carbonyl (C=O) groups excluding carboxylic acids is 3. The lowest BCUT2D eigenvalue weighted by atomic mass is 10.1. The Morgan fingerprint density at radius 3 is 2.36 bits per heavy atom. The lowest BCUT2D eigenvalue weighted by Gasteiger charge is -2.36. The average Bonchev–Trinajstić information content (AvgIpc) is 3.22. The molecule has 2 aliphatic heterocycles. The molecule has 5 rings (SSSR count). The van der Waals surface area contributed by atoms with Gasteiger partial charge >= 0.3 is 0 Å². The Morgan fingerprint density at radius 2 is 1.67 bits per heavy atom. The molecular formula is C29H22F2N4O3S. The Hall–Kier alpha value is -4.49. The SMILES string of the molecule is N#Cc1ccccc1N1CCN(C(=O)c2ccc(/C=C3\SC(=O)N(Cc4ccc(F)c(F)c4)C3=O)cc2)CC1. The number of amides is 3. The Kier molecular flexibility index (Phi) is 7.43. The lowest BCUT2D eigenvalue weighted by molar-refractivity contribution is -0.123. The number of nitrogens with zero attached hydrogens (tertiary/aromatic N) is 4. The number of hydrogen-bond donors (Lipinski definition) is 0. The summed E-state index contributed by atoms with van der Waals surface area (Å²) in [6.07, 6.45) is 1.57. The molecule has 0 N–H and O–H groups in total. The molecule has 3 aromatic rings. The molecule has 0 saturated carbocycles. The Morgan fingerprint density at radius 1 is 0.949 bits per heavy atom. The summed E-state index contributed by atoms with van der Waals surface area (Å²) in [5.74, 6) is -2.68. The van der Waals surface area contributed by atoms with Gasteiger partial charge in [0, 0.05) is 31.7 Å². The quantitative estimate of drug-likeness (QED) is 0.419. The second kappa shape index (κ2) is 11.1. The van der Waals surface area contributed by atoms with Gasteiger partial charge < -0.3 is 9.80 Å². The monoisotopic (exact) mass is 544 g/mol. The largest absolute Gasteiger partial charge is 0.367 e. The third kappa shape index (κ3) is 5.54. The van der Waals surface area contributed by atoms with Gasteiger partial charge in [-0.1, -0.05) is 30.3 Å². The summed E-state index contributed by atoms with van der Waals surface area (Å²) >= 11 is 0.768. The van der Waals surface area contributed by atoms with Gasteiger partial charge in [0.05, 0.1) is 22.7 Å². The molecule has 0 unspecified atom stereocenters. The number of nitriles is 1. The van der Waals surface area contributed by atoms with Crippen molar-refractivity contribution in [2.75, 3.05) is 31.1 Å². The molecule has 2 heterocycles. The highest BCUT2D eigenvalue weighted by molar-refractivity contribution is 8.18. The van der Waals surface area contributed by atoms with E-state index in [1.807, 2.05) is 18.2 Å². The molecule has 0 spiro atoms. The minimum absolute atomic E-state index is 0.110. The molecule has 0 bridgehead atoms.